The standard InChI is InChI=1S/C17H25Cl2N/c1-12(2)20-11-17(8-6-13(3)7-9-17)15-5-4-14(18)10-16(15)19/h4-5,10,12-13,20H,6-9,11H2,1-3H3. The molecule has 1 fully saturated rings. The first-order chi connectivity index (χ1) is 9.43. The monoisotopic (exact) mass is 313 g/mol. The van der Waals surface area contributed by atoms with Gasteiger partial charge in [0.2, 0.25) is 0 Å². The maximum absolute atomic E-state index is 6.49. The molecule has 1 aliphatic rings. The van der Waals surface area contributed by atoms with Gasteiger partial charge in [-0.2, -0.15) is 0 Å². The lowest BCUT2D eigenvalue weighted by molar-refractivity contribution is 0.229. The average Bonchev–Trinajstić information content (AvgIpc) is 2.39. The van der Waals surface area contributed by atoms with Crippen molar-refractivity contribution in [1.29, 1.82) is 0 Å². The second-order valence-corrected chi connectivity index (χ2v) is 7.47. The van der Waals surface area contributed by atoms with E-state index in [0.29, 0.717) is 6.04 Å². The summed E-state index contributed by atoms with van der Waals surface area (Å²) in [5.41, 5.74) is 1.43. The molecule has 0 spiro atoms. The highest BCUT2D eigenvalue weighted by Gasteiger charge is 2.37. The van der Waals surface area contributed by atoms with E-state index in [1.807, 2.05) is 12.1 Å². The largest absolute Gasteiger partial charge is 0.314 e. The molecule has 0 aromatic heterocycles. The van der Waals surface area contributed by atoms with Crippen LogP contribution >= 0.6 is 23.2 Å². The Labute approximate surface area is 133 Å². The fourth-order valence-corrected chi connectivity index (χ4v) is 3.78. The SMILES string of the molecule is CC1CCC(CNC(C)C)(c2ccc(Cl)cc2Cl)CC1. The Bertz CT molecular complexity index is 448. The molecule has 112 valence electrons. The van der Waals surface area contributed by atoms with E-state index in [0.717, 1.165) is 22.5 Å². The van der Waals surface area contributed by atoms with Gasteiger partial charge in [0, 0.05) is 28.0 Å². The smallest absolute Gasteiger partial charge is 0.0458 e. The molecule has 0 saturated heterocycles. The normalized spacial score (nSPS) is 27.0. The quantitative estimate of drug-likeness (QED) is 0.780. The van der Waals surface area contributed by atoms with E-state index in [-0.39, 0.29) is 5.41 Å². The molecule has 1 aliphatic carbocycles. The first kappa shape index (κ1) is 16.1. The Morgan fingerprint density at radius 2 is 1.90 bits per heavy atom. The molecule has 0 radical (unpaired) electrons. The summed E-state index contributed by atoms with van der Waals surface area (Å²) in [5, 5.41) is 5.15. The van der Waals surface area contributed by atoms with Gasteiger partial charge in [-0.05, 0) is 49.3 Å². The van der Waals surface area contributed by atoms with Crippen molar-refractivity contribution in [3.8, 4) is 0 Å². The van der Waals surface area contributed by atoms with Crippen LogP contribution in [-0.2, 0) is 5.41 Å². The van der Waals surface area contributed by atoms with E-state index in [2.05, 4.69) is 32.2 Å². The molecular weight excluding hydrogens is 289 g/mol. The van der Waals surface area contributed by atoms with Crippen LogP contribution in [0.5, 0.6) is 0 Å². The molecule has 0 amide bonds. The van der Waals surface area contributed by atoms with Gasteiger partial charge < -0.3 is 5.32 Å². The molecule has 3 heteroatoms. The van der Waals surface area contributed by atoms with Gasteiger partial charge in [-0.3, -0.25) is 0 Å². The molecule has 20 heavy (non-hydrogen) atoms. The van der Waals surface area contributed by atoms with E-state index in [1.54, 1.807) is 0 Å². The van der Waals surface area contributed by atoms with Crippen molar-refractivity contribution in [1.82, 2.24) is 5.32 Å². The maximum Gasteiger partial charge on any atom is 0.0458 e. The molecular formula is C17H25Cl2N. The third-order valence-corrected chi connectivity index (χ3v) is 5.13. The van der Waals surface area contributed by atoms with Crippen molar-refractivity contribution in [3.05, 3.63) is 33.8 Å². The zero-order chi connectivity index (χ0) is 14.8. The lowest BCUT2D eigenvalue weighted by Crippen LogP contribution is -2.43. The molecule has 1 saturated carbocycles. The van der Waals surface area contributed by atoms with Gasteiger partial charge in [-0.15, -0.1) is 0 Å². The molecule has 2 rings (SSSR count). The topological polar surface area (TPSA) is 12.0 Å². The lowest BCUT2D eigenvalue weighted by atomic mass is 9.67. The Balaban J connectivity index is 2.30. The molecule has 0 aliphatic heterocycles. The summed E-state index contributed by atoms with van der Waals surface area (Å²) in [6, 6.07) is 6.48. The fraction of sp³-hybridized carbons (Fsp3) is 0.647. The zero-order valence-corrected chi connectivity index (χ0v) is 14.2. The Kier molecular flexibility index (Phi) is 5.39. The number of rotatable bonds is 4. The lowest BCUT2D eigenvalue weighted by Gasteiger charge is -2.41. The first-order valence-electron chi connectivity index (χ1n) is 7.62. The Morgan fingerprint density at radius 3 is 2.45 bits per heavy atom. The van der Waals surface area contributed by atoms with Gasteiger partial charge in [0.25, 0.3) is 0 Å². The molecule has 1 nitrogen and oxygen atoms in total. The van der Waals surface area contributed by atoms with Crippen LogP contribution in [0.2, 0.25) is 10.0 Å². The highest BCUT2D eigenvalue weighted by molar-refractivity contribution is 6.35. The summed E-state index contributed by atoms with van der Waals surface area (Å²) < 4.78 is 0. The fourth-order valence-electron chi connectivity index (χ4n) is 3.18. The summed E-state index contributed by atoms with van der Waals surface area (Å²) in [4.78, 5) is 0. The van der Waals surface area contributed by atoms with Crippen LogP contribution in [0.25, 0.3) is 0 Å². The average molecular weight is 314 g/mol. The third-order valence-electron chi connectivity index (χ3n) is 4.58. The van der Waals surface area contributed by atoms with Gasteiger partial charge >= 0.3 is 0 Å². The van der Waals surface area contributed by atoms with Crippen molar-refractivity contribution < 1.29 is 0 Å². The van der Waals surface area contributed by atoms with Gasteiger partial charge in [-0.25, -0.2) is 0 Å². The molecule has 1 aromatic rings. The summed E-state index contributed by atoms with van der Waals surface area (Å²) in [5.74, 6) is 0.827. The number of halogens is 2. The van der Waals surface area contributed by atoms with E-state index < -0.39 is 0 Å². The predicted molar refractivity (Wildman–Crippen MR) is 88.9 cm³/mol. The minimum Gasteiger partial charge on any atom is -0.314 e. The minimum absolute atomic E-state index is 0.165. The summed E-state index contributed by atoms with van der Waals surface area (Å²) in [6.07, 6.45) is 4.96. The van der Waals surface area contributed by atoms with Crippen LogP contribution < -0.4 is 5.32 Å². The van der Waals surface area contributed by atoms with Crippen LogP contribution in [0.15, 0.2) is 18.2 Å². The predicted octanol–water partition coefficient (Wildman–Crippen LogP) is 5.44. The maximum atomic E-state index is 6.49. The van der Waals surface area contributed by atoms with Crippen LogP contribution in [0.3, 0.4) is 0 Å². The molecule has 0 bridgehead atoms. The van der Waals surface area contributed by atoms with Crippen LogP contribution in [0.4, 0.5) is 0 Å². The van der Waals surface area contributed by atoms with Crippen molar-refractivity contribution in [2.24, 2.45) is 5.92 Å². The number of benzene rings is 1. The van der Waals surface area contributed by atoms with Gasteiger partial charge in [0.1, 0.15) is 0 Å². The van der Waals surface area contributed by atoms with Gasteiger partial charge in [-0.1, -0.05) is 50.0 Å². The number of hydrogen-bond donors (Lipinski definition) is 1. The van der Waals surface area contributed by atoms with Crippen molar-refractivity contribution in [3.63, 3.8) is 0 Å². The van der Waals surface area contributed by atoms with Crippen LogP contribution in [-0.4, -0.2) is 12.6 Å². The summed E-state index contributed by atoms with van der Waals surface area (Å²) >= 11 is 12.5. The van der Waals surface area contributed by atoms with E-state index in [4.69, 9.17) is 23.2 Å². The van der Waals surface area contributed by atoms with Gasteiger partial charge in [0.15, 0.2) is 0 Å². The second kappa shape index (κ2) is 6.68. The second-order valence-electron chi connectivity index (χ2n) is 6.62. The van der Waals surface area contributed by atoms with Crippen LogP contribution in [0.1, 0.15) is 52.0 Å². The molecule has 1 aromatic carbocycles. The molecule has 1 N–H and O–H groups in total. The van der Waals surface area contributed by atoms with E-state index in [9.17, 15) is 0 Å². The molecule has 0 atom stereocenters. The van der Waals surface area contributed by atoms with Crippen molar-refractivity contribution in [2.45, 2.75) is 57.9 Å². The summed E-state index contributed by atoms with van der Waals surface area (Å²) in [7, 11) is 0. The molecule has 0 heterocycles. The van der Waals surface area contributed by atoms with Crippen LogP contribution in [0, 0.1) is 5.92 Å². The van der Waals surface area contributed by atoms with Crippen molar-refractivity contribution >= 4 is 23.2 Å². The number of hydrogen-bond acceptors (Lipinski definition) is 1. The summed E-state index contributed by atoms with van der Waals surface area (Å²) in [6.45, 7) is 7.74. The Morgan fingerprint density at radius 1 is 1.25 bits per heavy atom. The van der Waals surface area contributed by atoms with E-state index >= 15 is 0 Å². The zero-order valence-electron chi connectivity index (χ0n) is 12.7. The van der Waals surface area contributed by atoms with Gasteiger partial charge in [0.05, 0.1) is 0 Å². The first-order valence-corrected chi connectivity index (χ1v) is 8.37. The number of nitrogens with one attached hydrogen (secondary N) is 1. The highest BCUT2D eigenvalue weighted by atomic mass is 35.5. The third kappa shape index (κ3) is 3.69. The van der Waals surface area contributed by atoms with Crippen molar-refractivity contribution in [2.75, 3.05) is 6.54 Å². The molecule has 0 unspecified atom stereocenters. The Hall–Kier alpha value is -0.240. The van der Waals surface area contributed by atoms with E-state index in [1.165, 1.54) is 31.2 Å². The minimum atomic E-state index is 0.165. The highest BCUT2D eigenvalue weighted by Crippen LogP contribution is 2.44.